The molecule has 2 heterocycles. The maximum absolute atomic E-state index is 6.36. The van der Waals surface area contributed by atoms with E-state index in [9.17, 15) is 0 Å². The highest BCUT2D eigenvalue weighted by Gasteiger charge is 2.23. The topological polar surface area (TPSA) is 16.1 Å². The second kappa shape index (κ2) is 5.71. The molecule has 0 amide bonds. The molecular formula is C17H21ClN2. The minimum atomic E-state index is 0.626. The summed E-state index contributed by atoms with van der Waals surface area (Å²) >= 11 is 6.36. The lowest BCUT2D eigenvalue weighted by molar-refractivity contribution is 0.122. The number of piperidine rings is 1. The van der Waals surface area contributed by atoms with Gasteiger partial charge in [-0.2, -0.15) is 0 Å². The van der Waals surface area contributed by atoms with E-state index in [2.05, 4.69) is 35.9 Å². The molecule has 0 spiro atoms. The summed E-state index contributed by atoms with van der Waals surface area (Å²) in [5.41, 5.74) is 2.12. The third-order valence-electron chi connectivity index (χ3n) is 4.40. The van der Waals surface area contributed by atoms with Gasteiger partial charge < -0.3 is 0 Å². The van der Waals surface area contributed by atoms with Gasteiger partial charge >= 0.3 is 0 Å². The minimum absolute atomic E-state index is 0.626. The highest BCUT2D eigenvalue weighted by atomic mass is 35.5. The van der Waals surface area contributed by atoms with Crippen molar-refractivity contribution in [2.75, 3.05) is 6.54 Å². The highest BCUT2D eigenvalue weighted by molar-refractivity contribution is 6.30. The Labute approximate surface area is 125 Å². The van der Waals surface area contributed by atoms with Gasteiger partial charge in [0.25, 0.3) is 0 Å². The molecule has 3 rings (SSSR count). The molecule has 1 aliphatic heterocycles. The van der Waals surface area contributed by atoms with Crippen LogP contribution in [0.1, 0.15) is 32.3 Å². The zero-order valence-corrected chi connectivity index (χ0v) is 12.9. The average molecular weight is 289 g/mol. The van der Waals surface area contributed by atoms with Crippen LogP contribution in [0.15, 0.2) is 30.3 Å². The van der Waals surface area contributed by atoms with Crippen LogP contribution < -0.4 is 0 Å². The number of fused-ring (bicyclic) bond motifs is 1. The molecule has 1 saturated heterocycles. The summed E-state index contributed by atoms with van der Waals surface area (Å²) in [5.74, 6) is 0.839. The minimum Gasteiger partial charge on any atom is -0.296 e. The number of nitrogens with zero attached hydrogens (tertiary/aromatic N) is 2. The van der Waals surface area contributed by atoms with E-state index in [4.69, 9.17) is 11.6 Å². The van der Waals surface area contributed by atoms with E-state index in [1.807, 2.05) is 18.2 Å². The SMILES string of the molecule is CC1CCN(Cc2cc3ccccc3nc2Cl)C(C)C1. The first-order valence-electron chi connectivity index (χ1n) is 7.41. The molecule has 20 heavy (non-hydrogen) atoms. The van der Waals surface area contributed by atoms with Gasteiger partial charge in [-0.3, -0.25) is 4.90 Å². The van der Waals surface area contributed by atoms with Crippen LogP contribution >= 0.6 is 11.6 Å². The number of hydrogen-bond donors (Lipinski definition) is 0. The van der Waals surface area contributed by atoms with Crippen LogP contribution in [0.4, 0.5) is 0 Å². The van der Waals surface area contributed by atoms with Crippen molar-refractivity contribution in [2.24, 2.45) is 5.92 Å². The van der Waals surface area contributed by atoms with Gasteiger partial charge in [0.05, 0.1) is 5.52 Å². The maximum atomic E-state index is 6.36. The Bertz CT molecular complexity index is 611. The molecule has 3 heteroatoms. The van der Waals surface area contributed by atoms with Crippen LogP contribution in [-0.4, -0.2) is 22.5 Å². The summed E-state index contributed by atoms with van der Waals surface area (Å²) in [4.78, 5) is 7.05. The number of benzene rings is 1. The molecule has 0 radical (unpaired) electrons. The summed E-state index contributed by atoms with van der Waals surface area (Å²) in [7, 11) is 0. The smallest absolute Gasteiger partial charge is 0.134 e. The number of para-hydroxylation sites is 1. The van der Waals surface area contributed by atoms with Gasteiger partial charge in [-0.05, 0) is 44.4 Å². The normalized spacial score (nSPS) is 24.1. The Morgan fingerprint density at radius 2 is 2.10 bits per heavy atom. The van der Waals surface area contributed by atoms with Gasteiger partial charge in [0.2, 0.25) is 0 Å². The summed E-state index contributed by atoms with van der Waals surface area (Å²) < 4.78 is 0. The van der Waals surface area contributed by atoms with Crippen LogP contribution in [0.25, 0.3) is 10.9 Å². The molecule has 0 bridgehead atoms. The average Bonchev–Trinajstić information content (AvgIpc) is 2.42. The third kappa shape index (κ3) is 2.82. The van der Waals surface area contributed by atoms with E-state index < -0.39 is 0 Å². The fourth-order valence-electron chi connectivity index (χ4n) is 3.16. The van der Waals surface area contributed by atoms with Crippen molar-refractivity contribution >= 4 is 22.5 Å². The number of likely N-dealkylation sites (tertiary alicyclic amines) is 1. The monoisotopic (exact) mass is 288 g/mol. The zero-order chi connectivity index (χ0) is 14.1. The number of aromatic nitrogens is 1. The molecule has 2 aromatic rings. The fraction of sp³-hybridized carbons (Fsp3) is 0.471. The van der Waals surface area contributed by atoms with Crippen molar-refractivity contribution in [1.82, 2.24) is 9.88 Å². The van der Waals surface area contributed by atoms with Gasteiger partial charge in [0.15, 0.2) is 0 Å². The van der Waals surface area contributed by atoms with Crippen molar-refractivity contribution < 1.29 is 0 Å². The third-order valence-corrected chi connectivity index (χ3v) is 4.73. The summed E-state index contributed by atoms with van der Waals surface area (Å²) in [5, 5.41) is 1.82. The molecule has 1 aromatic heterocycles. The van der Waals surface area contributed by atoms with Gasteiger partial charge in [-0.1, -0.05) is 36.7 Å². The molecule has 1 aromatic carbocycles. The predicted molar refractivity (Wildman–Crippen MR) is 85.0 cm³/mol. The van der Waals surface area contributed by atoms with Crippen LogP contribution in [0.3, 0.4) is 0 Å². The Balaban J connectivity index is 1.85. The standard InChI is InChI=1S/C17H21ClN2/c1-12-7-8-20(13(2)9-12)11-15-10-14-5-3-4-6-16(14)19-17(15)18/h3-6,10,12-13H,7-9,11H2,1-2H3. The molecule has 2 nitrogen and oxygen atoms in total. The van der Waals surface area contributed by atoms with E-state index in [1.165, 1.54) is 18.2 Å². The summed E-state index contributed by atoms with van der Waals surface area (Å²) in [6.07, 6.45) is 2.56. The van der Waals surface area contributed by atoms with E-state index in [0.717, 1.165) is 30.1 Å². The molecule has 2 atom stereocenters. The molecule has 0 aliphatic carbocycles. The van der Waals surface area contributed by atoms with Crippen molar-refractivity contribution in [3.8, 4) is 0 Å². The summed E-state index contributed by atoms with van der Waals surface area (Å²) in [6.45, 7) is 6.73. The van der Waals surface area contributed by atoms with Crippen molar-refractivity contribution in [1.29, 1.82) is 0 Å². The Kier molecular flexibility index (Phi) is 3.95. The molecule has 0 saturated carbocycles. The quantitative estimate of drug-likeness (QED) is 0.756. The first-order chi connectivity index (χ1) is 9.63. The van der Waals surface area contributed by atoms with E-state index in [1.54, 1.807) is 0 Å². The first kappa shape index (κ1) is 13.8. The number of pyridine rings is 1. The van der Waals surface area contributed by atoms with E-state index >= 15 is 0 Å². The number of rotatable bonds is 2. The number of hydrogen-bond acceptors (Lipinski definition) is 2. The number of halogens is 1. The van der Waals surface area contributed by atoms with Crippen LogP contribution in [-0.2, 0) is 6.54 Å². The fourth-order valence-corrected chi connectivity index (χ4v) is 3.36. The Morgan fingerprint density at radius 1 is 1.30 bits per heavy atom. The highest BCUT2D eigenvalue weighted by Crippen LogP contribution is 2.27. The van der Waals surface area contributed by atoms with Crippen LogP contribution in [0, 0.1) is 5.92 Å². The van der Waals surface area contributed by atoms with Crippen molar-refractivity contribution in [3.63, 3.8) is 0 Å². The van der Waals surface area contributed by atoms with Gasteiger partial charge in [0, 0.05) is 23.5 Å². The van der Waals surface area contributed by atoms with Gasteiger partial charge in [-0.15, -0.1) is 0 Å². The lowest BCUT2D eigenvalue weighted by Crippen LogP contribution is -2.39. The molecule has 1 fully saturated rings. The second-order valence-electron chi connectivity index (χ2n) is 6.08. The lowest BCUT2D eigenvalue weighted by Gasteiger charge is -2.36. The largest absolute Gasteiger partial charge is 0.296 e. The van der Waals surface area contributed by atoms with Gasteiger partial charge in [-0.25, -0.2) is 4.98 Å². The lowest BCUT2D eigenvalue weighted by atomic mass is 9.93. The molecule has 0 N–H and O–H groups in total. The van der Waals surface area contributed by atoms with Crippen molar-refractivity contribution in [3.05, 3.63) is 41.0 Å². The Morgan fingerprint density at radius 3 is 2.90 bits per heavy atom. The van der Waals surface area contributed by atoms with Crippen molar-refractivity contribution in [2.45, 2.75) is 39.3 Å². The molecule has 2 unspecified atom stereocenters. The van der Waals surface area contributed by atoms with Crippen LogP contribution in [0.5, 0.6) is 0 Å². The predicted octanol–water partition coefficient (Wildman–Crippen LogP) is 4.51. The second-order valence-corrected chi connectivity index (χ2v) is 6.44. The molecule has 106 valence electrons. The first-order valence-corrected chi connectivity index (χ1v) is 7.79. The van der Waals surface area contributed by atoms with E-state index in [0.29, 0.717) is 11.2 Å². The van der Waals surface area contributed by atoms with Gasteiger partial charge in [0.1, 0.15) is 5.15 Å². The zero-order valence-electron chi connectivity index (χ0n) is 12.1. The van der Waals surface area contributed by atoms with E-state index in [-0.39, 0.29) is 0 Å². The van der Waals surface area contributed by atoms with Crippen LogP contribution in [0.2, 0.25) is 5.15 Å². The molecular weight excluding hydrogens is 268 g/mol. The molecule has 1 aliphatic rings. The summed E-state index contributed by atoms with van der Waals surface area (Å²) in [6, 6.07) is 11.0. The Hall–Kier alpha value is -1.12. The maximum Gasteiger partial charge on any atom is 0.134 e.